The molecule has 0 saturated carbocycles. The fourth-order valence-electron chi connectivity index (χ4n) is 0.608. The summed E-state index contributed by atoms with van der Waals surface area (Å²) in [6.07, 6.45) is 0. The molecule has 0 bridgehead atoms. The van der Waals surface area contributed by atoms with Gasteiger partial charge in [0.05, 0.1) is 0 Å². The third-order valence-electron chi connectivity index (χ3n) is 1.12. The number of benzene rings is 1. The Balaban J connectivity index is 3.17. The quantitative estimate of drug-likeness (QED) is 0.471. The van der Waals surface area contributed by atoms with Gasteiger partial charge in [0.25, 0.3) is 0 Å². The zero-order chi connectivity index (χ0) is 6.85. The predicted octanol–water partition coefficient (Wildman–Crippen LogP) is 1.27. The predicted molar refractivity (Wildman–Crippen MR) is 36.8 cm³/mol. The molecule has 1 aromatic carbocycles. The third kappa shape index (κ3) is 1.72. The van der Waals surface area contributed by atoms with Gasteiger partial charge in [-0.05, 0) is 0 Å². The molecule has 0 atom stereocenters. The van der Waals surface area contributed by atoms with Gasteiger partial charge in [-0.3, -0.25) is 0 Å². The van der Waals surface area contributed by atoms with Crippen LogP contribution in [0.15, 0.2) is 18.2 Å². The Bertz CT molecular complexity index is 224. The Morgan fingerprint density at radius 2 is 2.11 bits per heavy atom. The molecule has 42 valence electrons. The summed E-state index contributed by atoms with van der Waals surface area (Å²) in [4.78, 5) is 0. The van der Waals surface area contributed by atoms with E-state index in [9.17, 15) is 4.39 Å². The van der Waals surface area contributed by atoms with Crippen LogP contribution >= 0.6 is 11.6 Å². The molecule has 0 heterocycles. The van der Waals surface area contributed by atoms with Crippen molar-refractivity contribution in [2.24, 2.45) is 0 Å². The molecule has 0 nitrogen and oxygen atoms in total. The van der Waals surface area contributed by atoms with Crippen molar-refractivity contribution in [3.05, 3.63) is 29.0 Å². The molecule has 0 amide bonds. The summed E-state index contributed by atoms with van der Waals surface area (Å²) < 4.78 is 13.0. The van der Waals surface area contributed by atoms with Crippen molar-refractivity contribution in [3.63, 3.8) is 0 Å². The number of hydrogen-bond donors (Lipinski definition) is 0. The van der Waals surface area contributed by atoms with Gasteiger partial charge in [-0.15, -0.1) is 0 Å². The Kier molecular flexibility index (Phi) is 2.18. The van der Waals surface area contributed by atoms with E-state index >= 15 is 0 Å². The van der Waals surface area contributed by atoms with Crippen LogP contribution in [0.2, 0.25) is 5.02 Å². The van der Waals surface area contributed by atoms with Crippen LogP contribution in [0.25, 0.3) is 0 Å². The van der Waals surface area contributed by atoms with Crippen LogP contribution < -0.4 is 4.24 Å². The molecule has 9 heavy (non-hydrogen) atoms. The maximum atomic E-state index is 12.4. The average molecular weight is 136 g/mol. The standard InChI is InChI=1S/C6H3ClF.Li/c7-5-1-3-6(8)4-2-5;/h1-3H;. The topological polar surface area (TPSA) is 0 Å². The first kappa shape index (κ1) is 7.15. The van der Waals surface area contributed by atoms with E-state index in [2.05, 4.69) is 0 Å². The molecule has 0 saturated heterocycles. The third-order valence-corrected chi connectivity index (χ3v) is 1.36. The van der Waals surface area contributed by atoms with Crippen LogP contribution in [-0.4, -0.2) is 17.7 Å². The number of rotatable bonds is 0. The average Bonchev–Trinajstić information content (AvgIpc) is 1.80. The Hall–Kier alpha value is 0.0374. The minimum absolute atomic E-state index is 0.209. The Labute approximate surface area is 67.2 Å². The Morgan fingerprint density at radius 1 is 1.44 bits per heavy atom. The van der Waals surface area contributed by atoms with Crippen molar-refractivity contribution in [1.82, 2.24) is 0 Å². The van der Waals surface area contributed by atoms with Crippen molar-refractivity contribution >= 4 is 33.6 Å². The second-order valence-electron chi connectivity index (χ2n) is 1.89. The normalized spacial score (nSPS) is 9.78. The zero-order valence-electron chi connectivity index (χ0n) is 4.99. The molecule has 1 aromatic rings. The van der Waals surface area contributed by atoms with E-state index in [0.717, 1.165) is 0 Å². The van der Waals surface area contributed by atoms with Crippen LogP contribution in [0.3, 0.4) is 0 Å². The molecule has 3 heteroatoms. The van der Waals surface area contributed by atoms with E-state index in [1.54, 1.807) is 23.8 Å². The van der Waals surface area contributed by atoms with Gasteiger partial charge in [0, 0.05) is 0 Å². The van der Waals surface area contributed by atoms with Gasteiger partial charge in [0.15, 0.2) is 0 Å². The van der Waals surface area contributed by atoms with Gasteiger partial charge in [-0.1, -0.05) is 0 Å². The second kappa shape index (κ2) is 2.75. The molecule has 0 aromatic heterocycles. The van der Waals surface area contributed by atoms with Crippen LogP contribution in [-0.2, 0) is 0 Å². The van der Waals surface area contributed by atoms with Gasteiger partial charge in [-0.2, -0.15) is 0 Å². The van der Waals surface area contributed by atoms with Crippen LogP contribution in [0.5, 0.6) is 0 Å². The van der Waals surface area contributed by atoms with Crippen molar-refractivity contribution in [2.45, 2.75) is 0 Å². The molecule has 0 unspecified atom stereocenters. The van der Waals surface area contributed by atoms with Gasteiger partial charge in [0.1, 0.15) is 0 Å². The zero-order valence-corrected chi connectivity index (χ0v) is 5.74. The molecule has 1 rings (SSSR count). The van der Waals surface area contributed by atoms with Gasteiger partial charge in [-0.25, -0.2) is 0 Å². The van der Waals surface area contributed by atoms with Crippen molar-refractivity contribution in [1.29, 1.82) is 0 Å². The molecule has 0 aliphatic rings. The molecule has 0 aliphatic carbocycles. The molecule has 0 spiro atoms. The monoisotopic (exact) mass is 136 g/mol. The van der Waals surface area contributed by atoms with E-state index in [1.165, 1.54) is 12.1 Å². The van der Waals surface area contributed by atoms with Crippen molar-refractivity contribution in [2.75, 3.05) is 0 Å². The molecule has 0 aliphatic heterocycles. The minimum atomic E-state index is -0.209. The van der Waals surface area contributed by atoms with Crippen LogP contribution in [0.4, 0.5) is 4.39 Å². The summed E-state index contributed by atoms with van der Waals surface area (Å²) in [5.41, 5.74) is 0. The van der Waals surface area contributed by atoms with Crippen LogP contribution in [0, 0.1) is 5.82 Å². The number of hydrogen-bond acceptors (Lipinski definition) is 0. The first-order valence-electron chi connectivity index (χ1n) is 2.62. The molecular weight excluding hydrogens is 133 g/mol. The van der Waals surface area contributed by atoms with Crippen molar-refractivity contribution < 1.29 is 4.39 Å². The van der Waals surface area contributed by atoms with E-state index in [-0.39, 0.29) is 5.82 Å². The summed E-state index contributed by atoms with van der Waals surface area (Å²) in [6, 6.07) is 4.48. The SMILES string of the molecule is [Li][c]1cc(Cl)ccc1F. The van der Waals surface area contributed by atoms with Crippen molar-refractivity contribution in [3.8, 4) is 0 Å². The second-order valence-corrected chi connectivity index (χ2v) is 2.33. The van der Waals surface area contributed by atoms with Gasteiger partial charge >= 0.3 is 67.0 Å². The van der Waals surface area contributed by atoms with E-state index in [4.69, 9.17) is 11.6 Å². The molecule has 0 radical (unpaired) electrons. The summed E-state index contributed by atoms with van der Waals surface area (Å²) in [7, 11) is 0. The fourth-order valence-corrected chi connectivity index (χ4v) is 0.835. The summed E-state index contributed by atoms with van der Waals surface area (Å²) in [6.45, 7) is 0. The molecular formula is C6H3ClFLi. The van der Waals surface area contributed by atoms with Gasteiger partial charge < -0.3 is 0 Å². The maximum absolute atomic E-state index is 12.4. The van der Waals surface area contributed by atoms with E-state index in [1.807, 2.05) is 0 Å². The summed E-state index contributed by atoms with van der Waals surface area (Å²) in [5, 5.41) is 0.578. The molecule has 0 N–H and O–H groups in total. The fraction of sp³-hybridized carbons (Fsp3) is 0. The summed E-state index contributed by atoms with van der Waals surface area (Å²) in [5.74, 6) is -0.209. The molecule has 0 fully saturated rings. The number of halogens is 2. The Morgan fingerprint density at radius 3 is 2.56 bits per heavy atom. The van der Waals surface area contributed by atoms with Gasteiger partial charge in [0.2, 0.25) is 0 Å². The first-order chi connectivity index (χ1) is 4.20. The first-order valence-corrected chi connectivity index (χ1v) is 2.99. The summed E-state index contributed by atoms with van der Waals surface area (Å²) >= 11 is 7.23. The van der Waals surface area contributed by atoms with E-state index in [0.29, 0.717) is 9.26 Å². The van der Waals surface area contributed by atoms with Crippen LogP contribution in [0.1, 0.15) is 0 Å². The van der Waals surface area contributed by atoms with E-state index < -0.39 is 0 Å².